The summed E-state index contributed by atoms with van der Waals surface area (Å²) in [4.78, 5) is 4.19. The second kappa shape index (κ2) is 5.86. The summed E-state index contributed by atoms with van der Waals surface area (Å²) in [5.41, 5.74) is 2.87. The van der Waals surface area contributed by atoms with E-state index in [1.165, 1.54) is 0 Å². The number of fused-ring (bicyclic) bond motifs is 1. The molecular weight excluding hydrogens is 336 g/mol. The van der Waals surface area contributed by atoms with Gasteiger partial charge in [-0.3, -0.25) is 0 Å². The van der Waals surface area contributed by atoms with Crippen molar-refractivity contribution in [1.82, 2.24) is 14.8 Å². The van der Waals surface area contributed by atoms with Crippen molar-refractivity contribution in [2.24, 2.45) is 0 Å². The molecule has 1 unspecified atom stereocenters. The number of anilines is 1. The molecule has 126 valence electrons. The highest BCUT2D eigenvalue weighted by Crippen LogP contribution is 2.32. The monoisotopic (exact) mass is 352 g/mol. The van der Waals surface area contributed by atoms with Crippen LogP contribution in [0.25, 0.3) is 5.70 Å². The molecule has 1 aliphatic heterocycles. The fraction of sp³-hybridized carbons (Fsp3) is 0.111. The number of allylic oxidation sites excluding steroid dienone is 1. The van der Waals surface area contributed by atoms with Crippen LogP contribution in [0.2, 0.25) is 0 Å². The van der Waals surface area contributed by atoms with Crippen LogP contribution >= 0.6 is 0 Å². The van der Waals surface area contributed by atoms with Crippen molar-refractivity contribution >= 4 is 21.5 Å². The van der Waals surface area contributed by atoms with Gasteiger partial charge in [-0.05, 0) is 17.2 Å². The molecule has 6 nitrogen and oxygen atoms in total. The number of sulfone groups is 1. The normalized spacial score (nSPS) is 16.7. The molecule has 0 bridgehead atoms. The lowest BCUT2D eigenvalue weighted by Crippen LogP contribution is -2.20. The number of hydrogen-bond donors (Lipinski definition) is 1. The predicted octanol–water partition coefficient (Wildman–Crippen LogP) is 2.74. The number of hydrogen-bond acceptors (Lipinski definition) is 5. The predicted molar refractivity (Wildman–Crippen MR) is 95.8 cm³/mol. The zero-order valence-corrected chi connectivity index (χ0v) is 14.3. The van der Waals surface area contributed by atoms with Crippen LogP contribution in [0.1, 0.15) is 17.2 Å². The Hall–Kier alpha value is -2.93. The van der Waals surface area contributed by atoms with Gasteiger partial charge in [0.2, 0.25) is 15.8 Å². The average molecular weight is 352 g/mol. The van der Waals surface area contributed by atoms with Crippen LogP contribution in [-0.2, 0) is 9.84 Å². The molecule has 25 heavy (non-hydrogen) atoms. The Kier molecular flexibility index (Phi) is 3.65. The molecule has 1 aliphatic rings. The first kappa shape index (κ1) is 15.6. The van der Waals surface area contributed by atoms with Crippen LogP contribution in [-0.4, -0.2) is 29.4 Å². The Morgan fingerprint density at radius 1 is 1.00 bits per heavy atom. The average Bonchev–Trinajstić information content (AvgIpc) is 3.07. The smallest absolute Gasteiger partial charge is 0.268 e. The number of aromatic nitrogens is 3. The Morgan fingerprint density at radius 3 is 2.28 bits per heavy atom. The second-order valence-corrected chi connectivity index (χ2v) is 7.77. The van der Waals surface area contributed by atoms with Gasteiger partial charge in [-0.2, -0.15) is 4.98 Å². The van der Waals surface area contributed by atoms with Gasteiger partial charge in [0.15, 0.2) is 0 Å². The topological polar surface area (TPSA) is 76.9 Å². The zero-order valence-electron chi connectivity index (χ0n) is 13.5. The first-order valence-corrected chi connectivity index (χ1v) is 9.67. The Balaban J connectivity index is 1.87. The molecule has 2 aromatic carbocycles. The van der Waals surface area contributed by atoms with Gasteiger partial charge in [0, 0.05) is 12.0 Å². The lowest BCUT2D eigenvalue weighted by Gasteiger charge is -2.24. The fourth-order valence-corrected chi connectivity index (χ4v) is 3.29. The van der Waals surface area contributed by atoms with Crippen LogP contribution in [0.5, 0.6) is 0 Å². The molecule has 0 radical (unpaired) electrons. The highest BCUT2D eigenvalue weighted by molar-refractivity contribution is 7.90. The summed E-state index contributed by atoms with van der Waals surface area (Å²) in [6.45, 7) is 0. The van der Waals surface area contributed by atoms with Crippen molar-refractivity contribution in [3.05, 3.63) is 77.9 Å². The number of nitrogens with one attached hydrogen (secondary N) is 1. The van der Waals surface area contributed by atoms with E-state index in [4.69, 9.17) is 0 Å². The van der Waals surface area contributed by atoms with Crippen LogP contribution < -0.4 is 5.32 Å². The Labute approximate surface area is 145 Å². The van der Waals surface area contributed by atoms with E-state index in [0.29, 0.717) is 5.95 Å². The van der Waals surface area contributed by atoms with Gasteiger partial charge >= 0.3 is 0 Å². The third kappa shape index (κ3) is 2.94. The van der Waals surface area contributed by atoms with Crippen molar-refractivity contribution < 1.29 is 8.42 Å². The minimum Gasteiger partial charge on any atom is -0.324 e. The van der Waals surface area contributed by atoms with Crippen molar-refractivity contribution in [1.29, 1.82) is 0 Å². The molecule has 1 atom stereocenters. The minimum atomic E-state index is -3.49. The van der Waals surface area contributed by atoms with Gasteiger partial charge in [0.05, 0.1) is 0 Å². The summed E-state index contributed by atoms with van der Waals surface area (Å²) in [6.07, 6.45) is 3.13. The summed E-state index contributed by atoms with van der Waals surface area (Å²) < 4.78 is 25.3. The van der Waals surface area contributed by atoms with E-state index in [9.17, 15) is 8.42 Å². The maximum atomic E-state index is 11.9. The molecule has 0 amide bonds. The zero-order chi connectivity index (χ0) is 17.4. The fourth-order valence-electron chi connectivity index (χ4n) is 2.80. The van der Waals surface area contributed by atoms with Crippen molar-refractivity contribution in [3.8, 4) is 0 Å². The summed E-state index contributed by atoms with van der Waals surface area (Å²) in [7, 11) is -3.49. The lowest BCUT2D eigenvalue weighted by atomic mass is 10.0. The number of benzene rings is 2. The van der Waals surface area contributed by atoms with E-state index in [-0.39, 0.29) is 11.2 Å². The number of rotatable bonds is 3. The van der Waals surface area contributed by atoms with Gasteiger partial charge in [0.1, 0.15) is 6.04 Å². The first-order valence-electron chi connectivity index (χ1n) is 7.78. The van der Waals surface area contributed by atoms with Crippen LogP contribution in [0, 0.1) is 0 Å². The van der Waals surface area contributed by atoms with Gasteiger partial charge < -0.3 is 5.32 Å². The molecule has 1 aromatic heterocycles. The van der Waals surface area contributed by atoms with E-state index in [0.717, 1.165) is 23.1 Å². The third-order valence-corrected chi connectivity index (χ3v) is 4.84. The summed E-state index contributed by atoms with van der Waals surface area (Å²) in [6, 6.07) is 19.4. The first-order chi connectivity index (χ1) is 12.0. The number of nitrogens with zero attached hydrogens (tertiary/aromatic N) is 3. The summed E-state index contributed by atoms with van der Waals surface area (Å²) >= 11 is 0. The summed E-state index contributed by atoms with van der Waals surface area (Å²) in [5, 5.41) is 7.23. The van der Waals surface area contributed by atoms with E-state index < -0.39 is 9.84 Å². The maximum Gasteiger partial charge on any atom is 0.268 e. The van der Waals surface area contributed by atoms with Crippen molar-refractivity contribution in [2.75, 3.05) is 11.6 Å². The van der Waals surface area contributed by atoms with Gasteiger partial charge in [-0.1, -0.05) is 60.7 Å². The molecule has 7 heteroatoms. The largest absolute Gasteiger partial charge is 0.324 e. The lowest BCUT2D eigenvalue weighted by molar-refractivity contribution is 0.572. The van der Waals surface area contributed by atoms with Crippen molar-refractivity contribution in [3.63, 3.8) is 0 Å². The molecule has 0 saturated carbocycles. The highest BCUT2D eigenvalue weighted by Gasteiger charge is 2.27. The standard InChI is InChI=1S/C18H16N4O2S/c1-25(23,24)18-20-17-19-15(13-8-4-2-5-9-13)12-16(22(17)21-18)14-10-6-3-7-11-14/h2-12,16H,1H3,(H,19,20,21). The second-order valence-electron chi connectivity index (χ2n) is 5.86. The molecule has 2 heterocycles. The summed E-state index contributed by atoms with van der Waals surface area (Å²) in [5.74, 6) is 0.413. The third-order valence-electron chi connectivity index (χ3n) is 4.00. The van der Waals surface area contributed by atoms with Crippen LogP contribution in [0.3, 0.4) is 0 Å². The quantitative estimate of drug-likeness (QED) is 0.784. The van der Waals surface area contributed by atoms with Crippen LogP contribution in [0.4, 0.5) is 5.95 Å². The Morgan fingerprint density at radius 2 is 1.64 bits per heavy atom. The highest BCUT2D eigenvalue weighted by atomic mass is 32.2. The van der Waals surface area contributed by atoms with Crippen LogP contribution in [0.15, 0.2) is 71.9 Å². The minimum absolute atomic E-state index is 0.182. The molecule has 0 spiro atoms. The van der Waals surface area contributed by atoms with E-state index in [2.05, 4.69) is 15.4 Å². The molecule has 3 aromatic rings. The Bertz CT molecular complexity index is 1040. The van der Waals surface area contributed by atoms with Gasteiger partial charge in [-0.25, -0.2) is 13.1 Å². The molecule has 0 fully saturated rings. The molecule has 0 saturated heterocycles. The molecule has 0 aliphatic carbocycles. The van der Waals surface area contributed by atoms with Gasteiger partial charge in [-0.15, -0.1) is 5.10 Å². The van der Waals surface area contributed by atoms with Crippen molar-refractivity contribution in [2.45, 2.75) is 11.2 Å². The van der Waals surface area contributed by atoms with Gasteiger partial charge in [0.25, 0.3) is 5.16 Å². The van der Waals surface area contributed by atoms with E-state index >= 15 is 0 Å². The molecular formula is C18H16N4O2S. The van der Waals surface area contributed by atoms with E-state index in [1.54, 1.807) is 4.68 Å². The molecule has 4 rings (SSSR count). The maximum absolute atomic E-state index is 11.9. The molecule has 1 N–H and O–H groups in total. The van der Waals surface area contributed by atoms with E-state index in [1.807, 2.05) is 66.7 Å². The SMILES string of the molecule is CS(=O)(=O)c1nc2n(n1)C(c1ccccc1)C=C(c1ccccc1)N2.